The third-order valence-electron chi connectivity index (χ3n) is 2.37. The van der Waals surface area contributed by atoms with Crippen LogP contribution in [-0.4, -0.2) is 0 Å². The lowest BCUT2D eigenvalue weighted by molar-refractivity contribution is 0.760. The van der Waals surface area contributed by atoms with Gasteiger partial charge < -0.3 is 0 Å². The SMILES string of the molecule is C[C@@H]1[C@H](C)[C@H]1CC#N. The predicted octanol–water partition coefficient (Wildman–Crippen LogP) is 1.80. The van der Waals surface area contributed by atoms with Gasteiger partial charge in [-0.05, 0) is 17.8 Å². The molecule has 0 aromatic carbocycles. The molecule has 1 rings (SSSR count). The molecule has 1 heteroatoms. The molecule has 1 aliphatic rings. The van der Waals surface area contributed by atoms with Crippen molar-refractivity contribution in [3.8, 4) is 6.07 Å². The molecule has 0 heterocycles. The first-order chi connectivity index (χ1) is 3.77. The van der Waals surface area contributed by atoms with E-state index in [2.05, 4.69) is 19.9 Å². The van der Waals surface area contributed by atoms with E-state index in [0.29, 0.717) is 0 Å². The maximum Gasteiger partial charge on any atom is 0.0624 e. The lowest BCUT2D eigenvalue weighted by Gasteiger charge is -1.78. The van der Waals surface area contributed by atoms with Crippen molar-refractivity contribution in [1.29, 1.82) is 5.26 Å². The van der Waals surface area contributed by atoms with Gasteiger partial charge in [0, 0.05) is 6.42 Å². The fourth-order valence-corrected chi connectivity index (χ4v) is 1.24. The third kappa shape index (κ3) is 0.709. The molecular weight excluding hydrogens is 98.1 g/mol. The quantitative estimate of drug-likeness (QED) is 0.503. The Bertz CT molecular complexity index is 115. The summed E-state index contributed by atoms with van der Waals surface area (Å²) in [5.74, 6) is 2.35. The van der Waals surface area contributed by atoms with Crippen molar-refractivity contribution in [3.05, 3.63) is 0 Å². The highest BCUT2D eigenvalue weighted by Crippen LogP contribution is 2.47. The lowest BCUT2D eigenvalue weighted by Crippen LogP contribution is -1.73. The van der Waals surface area contributed by atoms with Gasteiger partial charge in [-0.3, -0.25) is 0 Å². The van der Waals surface area contributed by atoms with Crippen LogP contribution in [0.5, 0.6) is 0 Å². The molecule has 1 saturated carbocycles. The fraction of sp³-hybridized carbons (Fsp3) is 0.857. The van der Waals surface area contributed by atoms with Crippen molar-refractivity contribution in [2.24, 2.45) is 17.8 Å². The zero-order valence-electron chi connectivity index (χ0n) is 5.39. The van der Waals surface area contributed by atoms with Crippen LogP contribution in [-0.2, 0) is 0 Å². The second kappa shape index (κ2) is 1.78. The van der Waals surface area contributed by atoms with E-state index in [4.69, 9.17) is 5.26 Å². The highest BCUT2D eigenvalue weighted by molar-refractivity contribution is 4.95. The molecule has 1 nitrogen and oxygen atoms in total. The fourth-order valence-electron chi connectivity index (χ4n) is 1.24. The van der Waals surface area contributed by atoms with Gasteiger partial charge in [0.15, 0.2) is 0 Å². The van der Waals surface area contributed by atoms with Gasteiger partial charge in [-0.15, -0.1) is 0 Å². The van der Waals surface area contributed by atoms with Crippen molar-refractivity contribution in [2.75, 3.05) is 0 Å². The Morgan fingerprint density at radius 2 is 1.88 bits per heavy atom. The summed E-state index contributed by atoms with van der Waals surface area (Å²) in [4.78, 5) is 0. The summed E-state index contributed by atoms with van der Waals surface area (Å²) >= 11 is 0. The van der Waals surface area contributed by atoms with Crippen molar-refractivity contribution in [2.45, 2.75) is 20.3 Å². The zero-order valence-corrected chi connectivity index (χ0v) is 5.39. The van der Waals surface area contributed by atoms with E-state index in [-0.39, 0.29) is 0 Å². The second-order valence-corrected chi connectivity index (χ2v) is 2.74. The predicted molar refractivity (Wildman–Crippen MR) is 32.0 cm³/mol. The molecule has 0 unspecified atom stereocenters. The van der Waals surface area contributed by atoms with E-state index in [1.807, 2.05) is 0 Å². The number of nitriles is 1. The minimum Gasteiger partial charge on any atom is -0.198 e. The molecule has 0 aromatic rings. The average molecular weight is 109 g/mol. The Morgan fingerprint density at radius 3 is 2.00 bits per heavy atom. The smallest absolute Gasteiger partial charge is 0.0624 e. The summed E-state index contributed by atoms with van der Waals surface area (Å²) in [6.07, 6.45) is 0.766. The Morgan fingerprint density at radius 1 is 1.38 bits per heavy atom. The second-order valence-electron chi connectivity index (χ2n) is 2.74. The number of nitrogens with zero attached hydrogens (tertiary/aromatic N) is 1. The highest BCUT2D eigenvalue weighted by atomic mass is 14.5. The molecule has 0 N–H and O–H groups in total. The molecule has 44 valence electrons. The van der Waals surface area contributed by atoms with Gasteiger partial charge in [0.25, 0.3) is 0 Å². The van der Waals surface area contributed by atoms with E-state index >= 15 is 0 Å². The summed E-state index contributed by atoms with van der Waals surface area (Å²) in [5.41, 5.74) is 0. The average Bonchev–Trinajstić information content (AvgIpc) is 2.25. The van der Waals surface area contributed by atoms with Crippen molar-refractivity contribution >= 4 is 0 Å². The van der Waals surface area contributed by atoms with Gasteiger partial charge >= 0.3 is 0 Å². The van der Waals surface area contributed by atoms with Crippen LogP contribution in [0.4, 0.5) is 0 Å². The summed E-state index contributed by atoms with van der Waals surface area (Å²) in [6.45, 7) is 4.43. The molecular formula is C7H11N. The summed E-state index contributed by atoms with van der Waals surface area (Å²) in [6, 6.07) is 2.19. The van der Waals surface area contributed by atoms with E-state index in [0.717, 1.165) is 24.2 Å². The Kier molecular flexibility index (Phi) is 1.25. The van der Waals surface area contributed by atoms with Crippen LogP contribution in [0.15, 0.2) is 0 Å². The van der Waals surface area contributed by atoms with E-state index in [1.165, 1.54) is 0 Å². The highest BCUT2D eigenvalue weighted by Gasteiger charge is 2.41. The van der Waals surface area contributed by atoms with Crippen LogP contribution in [0.25, 0.3) is 0 Å². The zero-order chi connectivity index (χ0) is 6.15. The molecule has 1 aliphatic carbocycles. The topological polar surface area (TPSA) is 23.8 Å². The molecule has 8 heavy (non-hydrogen) atoms. The largest absolute Gasteiger partial charge is 0.198 e. The summed E-state index contributed by atoms with van der Waals surface area (Å²) in [5, 5.41) is 8.26. The number of hydrogen-bond acceptors (Lipinski definition) is 1. The minimum absolute atomic E-state index is 0.722. The first-order valence-corrected chi connectivity index (χ1v) is 3.14. The molecule has 0 aromatic heterocycles. The third-order valence-corrected chi connectivity index (χ3v) is 2.37. The van der Waals surface area contributed by atoms with Crippen LogP contribution in [0, 0.1) is 29.1 Å². The minimum atomic E-state index is 0.722. The van der Waals surface area contributed by atoms with Gasteiger partial charge in [-0.25, -0.2) is 0 Å². The van der Waals surface area contributed by atoms with E-state index < -0.39 is 0 Å². The number of rotatable bonds is 1. The maximum absolute atomic E-state index is 8.26. The van der Waals surface area contributed by atoms with Gasteiger partial charge in [-0.1, -0.05) is 13.8 Å². The van der Waals surface area contributed by atoms with Crippen LogP contribution < -0.4 is 0 Å². The van der Waals surface area contributed by atoms with E-state index in [1.54, 1.807) is 0 Å². The maximum atomic E-state index is 8.26. The Balaban J connectivity index is 2.26. The van der Waals surface area contributed by atoms with Crippen molar-refractivity contribution < 1.29 is 0 Å². The van der Waals surface area contributed by atoms with Crippen LogP contribution >= 0.6 is 0 Å². The van der Waals surface area contributed by atoms with Gasteiger partial charge in [0.2, 0.25) is 0 Å². The van der Waals surface area contributed by atoms with Gasteiger partial charge in [0.1, 0.15) is 0 Å². The monoisotopic (exact) mass is 109 g/mol. The summed E-state index contributed by atoms with van der Waals surface area (Å²) in [7, 11) is 0. The molecule has 0 bridgehead atoms. The van der Waals surface area contributed by atoms with E-state index in [9.17, 15) is 0 Å². The molecule has 1 fully saturated rings. The molecule has 0 radical (unpaired) electrons. The van der Waals surface area contributed by atoms with Crippen LogP contribution in [0.3, 0.4) is 0 Å². The first-order valence-electron chi connectivity index (χ1n) is 3.14. The standard InChI is InChI=1S/C7H11N/c1-5-6(2)7(5)3-4-8/h5-7H,3H2,1-2H3/t5-,6+,7+. The Hall–Kier alpha value is -0.510. The van der Waals surface area contributed by atoms with Gasteiger partial charge in [0.05, 0.1) is 6.07 Å². The normalized spacial score (nSPS) is 43.4. The number of hydrogen-bond donors (Lipinski definition) is 0. The lowest BCUT2D eigenvalue weighted by atomic mass is 10.2. The summed E-state index contributed by atoms with van der Waals surface area (Å²) < 4.78 is 0. The van der Waals surface area contributed by atoms with Crippen molar-refractivity contribution in [3.63, 3.8) is 0 Å². The molecule has 0 aliphatic heterocycles. The Labute approximate surface area is 50.3 Å². The molecule has 0 saturated heterocycles. The molecule has 0 amide bonds. The first kappa shape index (κ1) is 5.62. The van der Waals surface area contributed by atoms with Crippen LogP contribution in [0.2, 0.25) is 0 Å². The van der Waals surface area contributed by atoms with Crippen molar-refractivity contribution in [1.82, 2.24) is 0 Å². The van der Waals surface area contributed by atoms with Gasteiger partial charge in [-0.2, -0.15) is 5.26 Å². The van der Waals surface area contributed by atoms with Crippen LogP contribution in [0.1, 0.15) is 20.3 Å². The molecule has 3 atom stereocenters. The molecule has 0 spiro atoms.